The minimum atomic E-state index is -0.306. The largest absolute Gasteiger partial charge is 0.497 e. The normalized spacial score (nSPS) is 13.6. The number of rotatable bonds is 4. The number of aromatic nitrogens is 2. The maximum Gasteiger partial charge on any atom is 0.272 e. The number of nitrogens with one attached hydrogen (secondary N) is 1. The molecule has 2 aromatic heterocycles. The van der Waals surface area contributed by atoms with Gasteiger partial charge in [0.15, 0.2) is 0 Å². The summed E-state index contributed by atoms with van der Waals surface area (Å²) in [7, 11) is 1.57. The SMILES string of the molecule is COc1ccc2c(=O)n(C3CC3)c(C(=O)Nc3ccncc3)cc2c1. The number of pyridine rings is 2. The monoisotopic (exact) mass is 335 g/mol. The molecule has 0 aliphatic heterocycles. The fraction of sp³-hybridized carbons (Fsp3) is 0.211. The van der Waals surface area contributed by atoms with Crippen LogP contribution in [0.2, 0.25) is 0 Å². The summed E-state index contributed by atoms with van der Waals surface area (Å²) in [4.78, 5) is 29.6. The van der Waals surface area contributed by atoms with Crippen molar-refractivity contribution in [2.24, 2.45) is 0 Å². The average Bonchev–Trinajstić information content (AvgIpc) is 3.46. The third-order valence-electron chi connectivity index (χ3n) is 4.34. The summed E-state index contributed by atoms with van der Waals surface area (Å²) < 4.78 is 6.85. The van der Waals surface area contributed by atoms with Crippen molar-refractivity contribution in [3.63, 3.8) is 0 Å². The Morgan fingerprint density at radius 1 is 1.20 bits per heavy atom. The highest BCUT2D eigenvalue weighted by atomic mass is 16.5. The topological polar surface area (TPSA) is 73.2 Å². The lowest BCUT2D eigenvalue weighted by atomic mass is 10.1. The highest BCUT2D eigenvalue weighted by Crippen LogP contribution is 2.35. The van der Waals surface area contributed by atoms with E-state index in [0.29, 0.717) is 27.9 Å². The molecule has 4 rings (SSSR count). The van der Waals surface area contributed by atoms with Gasteiger partial charge < -0.3 is 14.6 Å². The van der Waals surface area contributed by atoms with Crippen LogP contribution in [0.5, 0.6) is 5.75 Å². The van der Waals surface area contributed by atoms with E-state index in [1.807, 2.05) is 0 Å². The number of carbonyl (C=O) groups excluding carboxylic acids is 1. The van der Waals surface area contributed by atoms with Crippen LogP contribution in [-0.4, -0.2) is 22.6 Å². The Bertz CT molecular complexity index is 1010. The fourth-order valence-corrected chi connectivity index (χ4v) is 2.94. The molecule has 6 heteroatoms. The second-order valence-electron chi connectivity index (χ2n) is 6.08. The first-order valence-electron chi connectivity index (χ1n) is 8.12. The third kappa shape index (κ3) is 2.87. The molecule has 1 saturated carbocycles. The minimum absolute atomic E-state index is 0.0946. The zero-order valence-electron chi connectivity index (χ0n) is 13.7. The predicted molar refractivity (Wildman–Crippen MR) is 95.2 cm³/mol. The van der Waals surface area contributed by atoms with Gasteiger partial charge in [0.2, 0.25) is 0 Å². The molecule has 25 heavy (non-hydrogen) atoms. The summed E-state index contributed by atoms with van der Waals surface area (Å²) in [6.45, 7) is 0. The van der Waals surface area contributed by atoms with Crippen molar-refractivity contribution in [3.05, 3.63) is 64.8 Å². The van der Waals surface area contributed by atoms with Crippen LogP contribution in [0.15, 0.2) is 53.6 Å². The van der Waals surface area contributed by atoms with Crippen molar-refractivity contribution < 1.29 is 9.53 Å². The van der Waals surface area contributed by atoms with Crippen molar-refractivity contribution in [1.82, 2.24) is 9.55 Å². The molecule has 0 saturated heterocycles. The van der Waals surface area contributed by atoms with E-state index in [1.54, 1.807) is 60.5 Å². The third-order valence-corrected chi connectivity index (χ3v) is 4.34. The van der Waals surface area contributed by atoms with Gasteiger partial charge in [-0.05, 0) is 54.6 Å². The molecule has 1 aliphatic carbocycles. The lowest BCUT2D eigenvalue weighted by Gasteiger charge is -2.14. The quantitative estimate of drug-likeness (QED) is 0.795. The highest BCUT2D eigenvalue weighted by Gasteiger charge is 2.29. The van der Waals surface area contributed by atoms with Crippen molar-refractivity contribution >= 4 is 22.4 Å². The summed E-state index contributed by atoms with van der Waals surface area (Å²) in [5.74, 6) is 0.344. The van der Waals surface area contributed by atoms with Gasteiger partial charge in [0.25, 0.3) is 11.5 Å². The Labute approximate surface area is 144 Å². The molecule has 0 spiro atoms. The van der Waals surface area contributed by atoms with Crippen LogP contribution >= 0.6 is 0 Å². The second kappa shape index (κ2) is 6.05. The number of amides is 1. The van der Waals surface area contributed by atoms with E-state index in [0.717, 1.165) is 12.8 Å². The number of nitrogens with zero attached hydrogens (tertiary/aromatic N) is 2. The maximum atomic E-state index is 12.9. The van der Waals surface area contributed by atoms with Gasteiger partial charge in [0.1, 0.15) is 11.4 Å². The molecule has 126 valence electrons. The van der Waals surface area contributed by atoms with E-state index in [1.165, 1.54) is 0 Å². The Balaban J connectivity index is 1.84. The summed E-state index contributed by atoms with van der Waals surface area (Å²) in [6.07, 6.45) is 5.04. The predicted octanol–water partition coefficient (Wildman–Crippen LogP) is 2.99. The van der Waals surface area contributed by atoms with Crippen molar-refractivity contribution in [2.45, 2.75) is 18.9 Å². The molecule has 1 N–H and O–H groups in total. The smallest absolute Gasteiger partial charge is 0.272 e. The molecule has 6 nitrogen and oxygen atoms in total. The van der Waals surface area contributed by atoms with Crippen LogP contribution in [0, 0.1) is 0 Å². The molecule has 1 aromatic carbocycles. The summed E-state index contributed by atoms with van der Waals surface area (Å²) in [5, 5.41) is 4.12. The molecule has 1 amide bonds. The van der Waals surface area contributed by atoms with Gasteiger partial charge in [-0.3, -0.25) is 14.6 Å². The van der Waals surface area contributed by atoms with E-state index >= 15 is 0 Å². The number of carbonyl (C=O) groups is 1. The summed E-state index contributed by atoms with van der Waals surface area (Å²) in [6, 6.07) is 10.6. The lowest BCUT2D eigenvalue weighted by molar-refractivity contribution is 0.101. The molecule has 1 fully saturated rings. The number of fused-ring (bicyclic) bond motifs is 1. The standard InChI is InChI=1S/C19H17N3O3/c1-25-15-4-5-16-12(10-15)11-17(22(19(16)24)14-2-3-14)18(23)21-13-6-8-20-9-7-13/h4-11,14H,2-3H2,1H3,(H,20,21,23). The molecule has 3 aromatic rings. The van der Waals surface area contributed by atoms with E-state index in [4.69, 9.17) is 4.74 Å². The van der Waals surface area contributed by atoms with Gasteiger partial charge in [-0.15, -0.1) is 0 Å². The van der Waals surface area contributed by atoms with Gasteiger partial charge in [0, 0.05) is 29.5 Å². The average molecular weight is 335 g/mol. The van der Waals surface area contributed by atoms with Crippen LogP contribution in [0.4, 0.5) is 5.69 Å². The summed E-state index contributed by atoms with van der Waals surface area (Å²) >= 11 is 0. The van der Waals surface area contributed by atoms with E-state index in [2.05, 4.69) is 10.3 Å². The van der Waals surface area contributed by atoms with Crippen molar-refractivity contribution in [1.29, 1.82) is 0 Å². The minimum Gasteiger partial charge on any atom is -0.497 e. The summed E-state index contributed by atoms with van der Waals surface area (Å²) in [5.41, 5.74) is 0.869. The molecule has 0 atom stereocenters. The van der Waals surface area contributed by atoms with Gasteiger partial charge >= 0.3 is 0 Å². The number of methoxy groups -OCH3 is 1. The maximum absolute atomic E-state index is 12.9. The highest BCUT2D eigenvalue weighted by molar-refractivity contribution is 6.05. The number of hydrogen-bond donors (Lipinski definition) is 1. The fourth-order valence-electron chi connectivity index (χ4n) is 2.94. The number of ether oxygens (including phenoxy) is 1. The van der Waals surface area contributed by atoms with Crippen molar-refractivity contribution in [3.8, 4) is 5.75 Å². The number of hydrogen-bond acceptors (Lipinski definition) is 4. The van der Waals surface area contributed by atoms with Gasteiger partial charge in [-0.2, -0.15) is 0 Å². The van der Waals surface area contributed by atoms with Gasteiger partial charge in [-0.25, -0.2) is 0 Å². The van der Waals surface area contributed by atoms with Crippen LogP contribution in [0.1, 0.15) is 29.4 Å². The first-order chi connectivity index (χ1) is 12.2. The van der Waals surface area contributed by atoms with Gasteiger partial charge in [0.05, 0.1) is 7.11 Å². The zero-order chi connectivity index (χ0) is 17.4. The molecule has 1 aliphatic rings. The second-order valence-corrected chi connectivity index (χ2v) is 6.08. The molecule has 0 unspecified atom stereocenters. The number of anilines is 1. The van der Waals surface area contributed by atoms with E-state index in [9.17, 15) is 9.59 Å². The molecule has 0 radical (unpaired) electrons. The Hall–Kier alpha value is -3.15. The molecular formula is C19H17N3O3. The van der Waals surface area contributed by atoms with Gasteiger partial charge in [-0.1, -0.05) is 0 Å². The molecule has 2 heterocycles. The lowest BCUT2D eigenvalue weighted by Crippen LogP contribution is -2.28. The first-order valence-corrected chi connectivity index (χ1v) is 8.12. The zero-order valence-corrected chi connectivity index (χ0v) is 13.7. The van der Waals surface area contributed by atoms with Crippen molar-refractivity contribution in [2.75, 3.05) is 12.4 Å². The van der Waals surface area contributed by atoms with Crippen LogP contribution in [-0.2, 0) is 0 Å². The van der Waals surface area contributed by atoms with E-state index < -0.39 is 0 Å². The van der Waals surface area contributed by atoms with Crippen LogP contribution in [0.3, 0.4) is 0 Å². The first kappa shape index (κ1) is 15.4. The van der Waals surface area contributed by atoms with E-state index in [-0.39, 0.29) is 17.5 Å². The Kier molecular flexibility index (Phi) is 3.72. The van der Waals surface area contributed by atoms with Crippen LogP contribution in [0.25, 0.3) is 10.8 Å². The number of benzene rings is 1. The Morgan fingerprint density at radius 2 is 1.96 bits per heavy atom. The Morgan fingerprint density at radius 3 is 2.64 bits per heavy atom. The van der Waals surface area contributed by atoms with Crippen LogP contribution < -0.4 is 15.6 Å². The molecular weight excluding hydrogens is 318 g/mol. The molecule has 0 bridgehead atoms.